The van der Waals surface area contributed by atoms with Gasteiger partial charge in [-0.05, 0) is 5.56 Å². The van der Waals surface area contributed by atoms with Crippen molar-refractivity contribution in [3.8, 4) is 11.4 Å². The summed E-state index contributed by atoms with van der Waals surface area (Å²) in [5, 5.41) is 0. The van der Waals surface area contributed by atoms with E-state index in [4.69, 9.17) is 14.7 Å². The van der Waals surface area contributed by atoms with Gasteiger partial charge in [-0.25, -0.2) is 9.97 Å². The molecule has 0 atom stereocenters. The zero-order chi connectivity index (χ0) is 21.0. The molecule has 1 amide bonds. The highest BCUT2D eigenvalue weighted by Crippen LogP contribution is 2.30. The summed E-state index contributed by atoms with van der Waals surface area (Å²) in [5.41, 5.74) is 4.19. The van der Waals surface area contributed by atoms with Crippen LogP contribution in [0.15, 0.2) is 60.7 Å². The van der Waals surface area contributed by atoms with E-state index in [1.807, 2.05) is 65.6 Å². The highest BCUT2D eigenvalue weighted by atomic mass is 16.5. The molecular weight excluding hydrogens is 388 g/mol. The number of amides is 1. The van der Waals surface area contributed by atoms with Gasteiger partial charge in [-0.1, -0.05) is 60.7 Å². The van der Waals surface area contributed by atoms with Gasteiger partial charge in [0, 0.05) is 37.2 Å². The van der Waals surface area contributed by atoms with E-state index in [-0.39, 0.29) is 5.91 Å². The van der Waals surface area contributed by atoms with E-state index >= 15 is 0 Å². The number of anilines is 1. The van der Waals surface area contributed by atoms with Crippen molar-refractivity contribution in [2.75, 3.05) is 37.7 Å². The molecule has 0 spiro atoms. The Morgan fingerprint density at radius 2 is 1.61 bits per heavy atom. The minimum atomic E-state index is 0.150. The van der Waals surface area contributed by atoms with Crippen LogP contribution in [-0.2, 0) is 28.9 Å². The average Bonchev–Trinajstić information content (AvgIpc) is 2.84. The zero-order valence-corrected chi connectivity index (χ0v) is 17.5. The maximum Gasteiger partial charge on any atom is 0.227 e. The van der Waals surface area contributed by atoms with E-state index in [0.717, 1.165) is 53.5 Å². The summed E-state index contributed by atoms with van der Waals surface area (Å²) in [6, 6.07) is 20.0. The lowest BCUT2D eigenvalue weighted by Gasteiger charge is -2.34. The Kier molecular flexibility index (Phi) is 5.63. The molecule has 6 heteroatoms. The molecule has 0 saturated carbocycles. The zero-order valence-electron chi connectivity index (χ0n) is 17.5. The minimum Gasteiger partial charge on any atom is -0.378 e. The number of ether oxygens (including phenoxy) is 1. The van der Waals surface area contributed by atoms with E-state index in [9.17, 15) is 4.79 Å². The minimum absolute atomic E-state index is 0.150. The normalized spacial score (nSPS) is 16.1. The first kappa shape index (κ1) is 19.7. The summed E-state index contributed by atoms with van der Waals surface area (Å²) < 4.78 is 5.56. The fourth-order valence-corrected chi connectivity index (χ4v) is 4.24. The second-order valence-corrected chi connectivity index (χ2v) is 7.99. The highest BCUT2D eigenvalue weighted by Gasteiger charge is 2.28. The number of hydrogen-bond donors (Lipinski definition) is 0. The first-order valence-electron chi connectivity index (χ1n) is 10.9. The van der Waals surface area contributed by atoms with Crippen molar-refractivity contribution in [2.24, 2.45) is 0 Å². The van der Waals surface area contributed by atoms with Gasteiger partial charge in [-0.15, -0.1) is 0 Å². The largest absolute Gasteiger partial charge is 0.378 e. The van der Waals surface area contributed by atoms with Gasteiger partial charge in [0.15, 0.2) is 5.82 Å². The predicted octanol–water partition coefficient (Wildman–Crippen LogP) is 3.11. The third-order valence-electron chi connectivity index (χ3n) is 5.93. The monoisotopic (exact) mass is 414 g/mol. The SMILES string of the molecule is O=C(Cc1ccccc1)N1CCc2nc(-c3ccccc3)nc(N3CCOCC3)c2C1. The number of carbonyl (C=O) groups excluding carboxylic acids is 1. The lowest BCUT2D eigenvalue weighted by Crippen LogP contribution is -2.41. The van der Waals surface area contributed by atoms with Gasteiger partial charge in [0.25, 0.3) is 0 Å². The maximum atomic E-state index is 13.0. The van der Waals surface area contributed by atoms with Crippen molar-refractivity contribution in [1.82, 2.24) is 14.9 Å². The van der Waals surface area contributed by atoms with Crippen LogP contribution in [0.2, 0.25) is 0 Å². The van der Waals surface area contributed by atoms with Gasteiger partial charge in [0.2, 0.25) is 5.91 Å². The number of hydrogen-bond acceptors (Lipinski definition) is 5. The summed E-state index contributed by atoms with van der Waals surface area (Å²) in [5.74, 6) is 1.85. The van der Waals surface area contributed by atoms with Crippen LogP contribution in [0.25, 0.3) is 11.4 Å². The summed E-state index contributed by atoms with van der Waals surface area (Å²) >= 11 is 0. The number of morpholine rings is 1. The van der Waals surface area contributed by atoms with E-state index in [1.54, 1.807) is 0 Å². The number of aromatic nitrogens is 2. The first-order chi connectivity index (χ1) is 15.3. The Bertz CT molecular complexity index is 1050. The smallest absolute Gasteiger partial charge is 0.227 e. The van der Waals surface area contributed by atoms with Gasteiger partial charge in [-0.3, -0.25) is 4.79 Å². The van der Waals surface area contributed by atoms with Crippen molar-refractivity contribution < 1.29 is 9.53 Å². The van der Waals surface area contributed by atoms with E-state index < -0.39 is 0 Å². The topological polar surface area (TPSA) is 58.6 Å². The molecule has 0 radical (unpaired) electrons. The van der Waals surface area contributed by atoms with E-state index in [2.05, 4.69) is 4.90 Å². The quantitative estimate of drug-likeness (QED) is 0.657. The summed E-state index contributed by atoms with van der Waals surface area (Å²) in [6.07, 6.45) is 1.17. The van der Waals surface area contributed by atoms with Gasteiger partial charge in [-0.2, -0.15) is 0 Å². The van der Waals surface area contributed by atoms with Crippen LogP contribution in [0.3, 0.4) is 0 Å². The second-order valence-electron chi connectivity index (χ2n) is 7.99. The molecule has 0 aliphatic carbocycles. The van der Waals surface area contributed by atoms with Gasteiger partial charge < -0.3 is 14.5 Å². The van der Waals surface area contributed by atoms with Crippen LogP contribution in [0, 0.1) is 0 Å². The molecule has 0 bridgehead atoms. The maximum absolute atomic E-state index is 13.0. The Morgan fingerprint density at radius 3 is 2.35 bits per heavy atom. The lowest BCUT2D eigenvalue weighted by atomic mass is 10.0. The molecular formula is C25H26N4O2. The third kappa shape index (κ3) is 4.30. The Balaban J connectivity index is 1.46. The number of carbonyl (C=O) groups is 1. The molecule has 158 valence electrons. The number of rotatable bonds is 4. The van der Waals surface area contributed by atoms with Crippen molar-refractivity contribution in [3.05, 3.63) is 77.5 Å². The molecule has 5 rings (SSSR count). The third-order valence-corrected chi connectivity index (χ3v) is 5.93. The van der Waals surface area contributed by atoms with Crippen LogP contribution in [0.1, 0.15) is 16.8 Å². The van der Waals surface area contributed by atoms with Crippen molar-refractivity contribution in [2.45, 2.75) is 19.4 Å². The molecule has 2 aromatic carbocycles. The summed E-state index contributed by atoms with van der Waals surface area (Å²) in [4.78, 5) is 27.1. The lowest BCUT2D eigenvalue weighted by molar-refractivity contribution is -0.131. The number of nitrogens with zero attached hydrogens (tertiary/aromatic N) is 4. The molecule has 2 aliphatic heterocycles. The molecule has 0 N–H and O–H groups in total. The van der Waals surface area contributed by atoms with E-state index in [0.29, 0.717) is 32.7 Å². The Morgan fingerprint density at radius 1 is 0.903 bits per heavy atom. The molecule has 1 saturated heterocycles. The first-order valence-corrected chi connectivity index (χ1v) is 10.9. The second kappa shape index (κ2) is 8.86. The van der Waals surface area contributed by atoms with E-state index in [1.165, 1.54) is 0 Å². The van der Waals surface area contributed by atoms with Gasteiger partial charge in [0.1, 0.15) is 5.82 Å². The Hall–Kier alpha value is -3.25. The molecule has 1 aromatic heterocycles. The van der Waals surface area contributed by atoms with Crippen LogP contribution < -0.4 is 4.90 Å². The fourth-order valence-electron chi connectivity index (χ4n) is 4.24. The van der Waals surface area contributed by atoms with Crippen LogP contribution >= 0.6 is 0 Å². The predicted molar refractivity (Wildman–Crippen MR) is 120 cm³/mol. The molecule has 1 fully saturated rings. The van der Waals surface area contributed by atoms with Crippen molar-refractivity contribution >= 4 is 11.7 Å². The number of fused-ring (bicyclic) bond motifs is 1. The molecule has 3 heterocycles. The van der Waals surface area contributed by atoms with Crippen LogP contribution in [0.5, 0.6) is 0 Å². The van der Waals surface area contributed by atoms with Crippen LogP contribution in [-0.4, -0.2) is 53.6 Å². The highest BCUT2D eigenvalue weighted by molar-refractivity contribution is 5.79. The molecule has 0 unspecified atom stereocenters. The van der Waals surface area contributed by atoms with Gasteiger partial charge in [0.05, 0.1) is 31.9 Å². The van der Waals surface area contributed by atoms with Crippen molar-refractivity contribution in [3.63, 3.8) is 0 Å². The Labute approximate surface area is 182 Å². The molecule has 2 aliphatic rings. The average molecular weight is 415 g/mol. The molecule has 6 nitrogen and oxygen atoms in total. The summed E-state index contributed by atoms with van der Waals surface area (Å²) in [6.45, 7) is 4.23. The molecule has 31 heavy (non-hydrogen) atoms. The summed E-state index contributed by atoms with van der Waals surface area (Å²) in [7, 11) is 0. The fraction of sp³-hybridized carbons (Fsp3) is 0.320. The number of benzene rings is 2. The molecule has 3 aromatic rings. The van der Waals surface area contributed by atoms with Crippen LogP contribution in [0.4, 0.5) is 5.82 Å². The standard InChI is InChI=1S/C25H26N4O2/c30-23(17-19-7-3-1-4-8-19)29-12-11-22-21(18-29)25(28-13-15-31-16-14-28)27-24(26-22)20-9-5-2-6-10-20/h1-10H,11-18H2. The van der Waals surface area contributed by atoms with Crippen molar-refractivity contribution in [1.29, 1.82) is 0 Å². The van der Waals surface area contributed by atoms with Gasteiger partial charge >= 0.3 is 0 Å².